The quantitative estimate of drug-likeness (QED) is 0.879. The third kappa shape index (κ3) is 3.00. The van der Waals surface area contributed by atoms with Crippen LogP contribution in [-0.4, -0.2) is 45.2 Å². The first-order valence-electron chi connectivity index (χ1n) is 8.45. The Hall–Kier alpha value is -2.37. The second-order valence-electron chi connectivity index (χ2n) is 6.54. The smallest absolute Gasteiger partial charge is 0.360 e. The number of nitrogens with zero attached hydrogens (tertiary/aromatic N) is 2. The maximum Gasteiger partial charge on any atom is 0.360 e. The zero-order valence-electron chi connectivity index (χ0n) is 14.3. The number of para-hydroxylation sites is 1. The Balaban J connectivity index is 1.73. The number of aromatic amines is 1. The van der Waals surface area contributed by atoms with E-state index in [0.29, 0.717) is 5.39 Å². The number of esters is 1. The number of amides is 1. The van der Waals surface area contributed by atoms with E-state index < -0.39 is 12.1 Å². The average Bonchev–Trinajstić information content (AvgIpc) is 2.98. The van der Waals surface area contributed by atoms with Gasteiger partial charge in [-0.3, -0.25) is 9.89 Å². The number of carbonyl (C=O) groups is 2. The molecule has 0 bridgehead atoms. The van der Waals surface area contributed by atoms with E-state index in [1.165, 1.54) is 0 Å². The number of nitrogens with one attached hydrogen (secondary N) is 1. The summed E-state index contributed by atoms with van der Waals surface area (Å²) in [5, 5.41) is 7.52. The normalized spacial score (nSPS) is 22.4. The summed E-state index contributed by atoms with van der Waals surface area (Å²) in [4.78, 5) is 27.0. The van der Waals surface area contributed by atoms with E-state index >= 15 is 0 Å². The molecule has 0 radical (unpaired) electrons. The van der Waals surface area contributed by atoms with Gasteiger partial charge >= 0.3 is 5.97 Å². The van der Waals surface area contributed by atoms with Gasteiger partial charge in [-0.2, -0.15) is 5.10 Å². The first-order valence-corrected chi connectivity index (χ1v) is 8.45. The van der Waals surface area contributed by atoms with E-state index in [1.54, 1.807) is 13.0 Å². The van der Waals surface area contributed by atoms with E-state index in [1.807, 2.05) is 36.9 Å². The number of hydrogen-bond acceptors (Lipinski definition) is 4. The van der Waals surface area contributed by atoms with Crippen LogP contribution in [0.5, 0.6) is 0 Å². The van der Waals surface area contributed by atoms with Gasteiger partial charge in [-0.25, -0.2) is 4.79 Å². The van der Waals surface area contributed by atoms with Crippen LogP contribution in [-0.2, 0) is 9.53 Å². The predicted octanol–water partition coefficient (Wildman–Crippen LogP) is 2.90. The van der Waals surface area contributed by atoms with Crippen molar-refractivity contribution in [3.05, 3.63) is 30.0 Å². The van der Waals surface area contributed by atoms with E-state index in [0.717, 1.165) is 24.8 Å². The molecule has 0 unspecified atom stereocenters. The molecule has 6 heteroatoms. The molecule has 1 fully saturated rings. The Labute approximate surface area is 141 Å². The fourth-order valence-corrected chi connectivity index (χ4v) is 3.45. The van der Waals surface area contributed by atoms with Crippen molar-refractivity contribution in [2.75, 3.05) is 0 Å². The fraction of sp³-hybridized carbons (Fsp3) is 0.500. The molecule has 2 heterocycles. The molecule has 24 heavy (non-hydrogen) atoms. The number of H-pyrrole nitrogens is 1. The third-order valence-electron chi connectivity index (χ3n) is 4.74. The summed E-state index contributed by atoms with van der Waals surface area (Å²) in [6.07, 6.45) is 2.28. The fourth-order valence-electron chi connectivity index (χ4n) is 3.45. The molecular formula is C18H23N3O3. The molecule has 3 atom stereocenters. The van der Waals surface area contributed by atoms with Crippen molar-refractivity contribution in [2.24, 2.45) is 0 Å². The highest BCUT2D eigenvalue weighted by atomic mass is 16.5. The molecule has 1 aliphatic rings. The van der Waals surface area contributed by atoms with Crippen LogP contribution in [0.3, 0.4) is 0 Å². The van der Waals surface area contributed by atoms with Gasteiger partial charge in [0.05, 0.1) is 5.52 Å². The number of piperidine rings is 1. The van der Waals surface area contributed by atoms with E-state index in [9.17, 15) is 9.59 Å². The molecule has 1 saturated heterocycles. The van der Waals surface area contributed by atoms with Crippen molar-refractivity contribution in [1.82, 2.24) is 15.1 Å². The Morgan fingerprint density at radius 3 is 2.62 bits per heavy atom. The van der Waals surface area contributed by atoms with Gasteiger partial charge in [0, 0.05) is 17.5 Å². The maximum absolute atomic E-state index is 12.7. The molecule has 1 N–H and O–H groups in total. The van der Waals surface area contributed by atoms with E-state index in [-0.39, 0.29) is 23.7 Å². The Kier molecular flexibility index (Phi) is 4.55. The van der Waals surface area contributed by atoms with Gasteiger partial charge in [0.2, 0.25) is 0 Å². The lowest BCUT2D eigenvalue weighted by Crippen LogP contribution is -2.51. The minimum atomic E-state index is -0.823. The number of rotatable bonds is 3. The van der Waals surface area contributed by atoms with Crippen molar-refractivity contribution in [1.29, 1.82) is 0 Å². The standard InChI is InChI=1S/C18H23N3O3/c1-11-7-6-8-12(2)21(11)17(22)13(3)24-18(23)16-14-9-4-5-10-15(14)19-20-16/h4-5,9-13H,6-8H2,1-3H3,(H,19,20)/t11-,12-,13-/m1/s1. The van der Waals surface area contributed by atoms with Gasteiger partial charge in [0.15, 0.2) is 11.8 Å². The van der Waals surface area contributed by atoms with Crippen molar-refractivity contribution >= 4 is 22.8 Å². The monoisotopic (exact) mass is 329 g/mol. The second-order valence-corrected chi connectivity index (χ2v) is 6.54. The number of benzene rings is 1. The molecule has 1 amide bonds. The Morgan fingerprint density at radius 1 is 1.25 bits per heavy atom. The lowest BCUT2D eigenvalue weighted by Gasteiger charge is -2.40. The van der Waals surface area contributed by atoms with Gasteiger partial charge < -0.3 is 9.64 Å². The van der Waals surface area contributed by atoms with Crippen LogP contribution in [0, 0.1) is 0 Å². The Morgan fingerprint density at radius 2 is 1.92 bits per heavy atom. The van der Waals surface area contributed by atoms with Crippen LogP contribution in [0.25, 0.3) is 10.9 Å². The van der Waals surface area contributed by atoms with Crippen LogP contribution in [0.15, 0.2) is 24.3 Å². The van der Waals surface area contributed by atoms with Gasteiger partial charge in [-0.1, -0.05) is 18.2 Å². The number of likely N-dealkylation sites (tertiary alicyclic amines) is 1. The van der Waals surface area contributed by atoms with Crippen LogP contribution >= 0.6 is 0 Å². The maximum atomic E-state index is 12.7. The number of hydrogen-bond donors (Lipinski definition) is 1. The summed E-state index contributed by atoms with van der Waals surface area (Å²) >= 11 is 0. The number of fused-ring (bicyclic) bond motifs is 1. The molecule has 2 aromatic rings. The molecule has 1 aliphatic heterocycles. The lowest BCUT2D eigenvalue weighted by atomic mass is 9.97. The molecule has 6 nitrogen and oxygen atoms in total. The molecular weight excluding hydrogens is 306 g/mol. The minimum absolute atomic E-state index is 0.136. The Bertz CT molecular complexity index is 745. The lowest BCUT2D eigenvalue weighted by molar-refractivity contribution is -0.146. The summed E-state index contributed by atoms with van der Waals surface area (Å²) in [7, 11) is 0. The predicted molar refractivity (Wildman–Crippen MR) is 90.6 cm³/mol. The van der Waals surface area contributed by atoms with Gasteiger partial charge in [-0.05, 0) is 46.1 Å². The van der Waals surface area contributed by atoms with Gasteiger partial charge in [0.25, 0.3) is 5.91 Å². The third-order valence-corrected chi connectivity index (χ3v) is 4.74. The SMILES string of the molecule is C[C@@H]1CCC[C@@H](C)N1C(=O)[C@@H](C)OC(=O)c1n[nH]c2ccccc12. The summed E-state index contributed by atoms with van der Waals surface area (Å²) in [6.45, 7) is 5.72. The highest BCUT2D eigenvalue weighted by Gasteiger charge is 2.33. The van der Waals surface area contributed by atoms with E-state index in [4.69, 9.17) is 4.74 Å². The number of ether oxygens (including phenoxy) is 1. The van der Waals surface area contributed by atoms with Crippen LogP contribution < -0.4 is 0 Å². The van der Waals surface area contributed by atoms with Crippen molar-refractivity contribution in [3.8, 4) is 0 Å². The zero-order chi connectivity index (χ0) is 17.3. The minimum Gasteiger partial charge on any atom is -0.448 e. The van der Waals surface area contributed by atoms with Crippen molar-refractivity contribution in [2.45, 2.75) is 58.2 Å². The topological polar surface area (TPSA) is 75.3 Å². The number of aromatic nitrogens is 2. The number of carbonyl (C=O) groups excluding carboxylic acids is 2. The first-order chi connectivity index (χ1) is 11.5. The van der Waals surface area contributed by atoms with E-state index in [2.05, 4.69) is 10.2 Å². The van der Waals surface area contributed by atoms with Gasteiger partial charge in [-0.15, -0.1) is 0 Å². The van der Waals surface area contributed by atoms with Crippen LogP contribution in [0.4, 0.5) is 0 Å². The van der Waals surface area contributed by atoms with Crippen LogP contribution in [0.1, 0.15) is 50.5 Å². The highest BCUT2D eigenvalue weighted by molar-refractivity contribution is 6.02. The van der Waals surface area contributed by atoms with Crippen molar-refractivity contribution < 1.29 is 14.3 Å². The molecule has 0 aliphatic carbocycles. The zero-order valence-corrected chi connectivity index (χ0v) is 14.3. The molecule has 0 spiro atoms. The summed E-state index contributed by atoms with van der Waals surface area (Å²) < 4.78 is 5.40. The average molecular weight is 329 g/mol. The largest absolute Gasteiger partial charge is 0.448 e. The molecule has 1 aromatic heterocycles. The molecule has 1 aromatic carbocycles. The first kappa shape index (κ1) is 16.5. The summed E-state index contributed by atoms with van der Waals surface area (Å²) in [5.74, 6) is -0.714. The van der Waals surface area contributed by atoms with Crippen LogP contribution in [0.2, 0.25) is 0 Å². The molecule has 3 rings (SSSR count). The highest BCUT2D eigenvalue weighted by Crippen LogP contribution is 2.24. The summed E-state index contributed by atoms with van der Waals surface area (Å²) in [5.41, 5.74) is 0.978. The molecule has 0 saturated carbocycles. The van der Waals surface area contributed by atoms with Crippen molar-refractivity contribution in [3.63, 3.8) is 0 Å². The molecule has 128 valence electrons. The van der Waals surface area contributed by atoms with Gasteiger partial charge in [0.1, 0.15) is 0 Å². The summed E-state index contributed by atoms with van der Waals surface area (Å²) in [6, 6.07) is 7.69. The second kappa shape index (κ2) is 6.63.